The molecule has 0 spiro atoms. The zero-order chi connectivity index (χ0) is 33.6. The van der Waals surface area contributed by atoms with E-state index in [2.05, 4.69) is 29.9 Å². The molecule has 0 bridgehead atoms. The summed E-state index contributed by atoms with van der Waals surface area (Å²) < 4.78 is 23.7. The smallest absolute Gasteiger partial charge is 0.302 e. The van der Waals surface area contributed by atoms with Crippen molar-refractivity contribution in [1.29, 1.82) is 0 Å². The predicted octanol–water partition coefficient (Wildman–Crippen LogP) is 1.08. The van der Waals surface area contributed by atoms with Gasteiger partial charge in [0.05, 0.1) is 51.5 Å². The molecule has 0 amide bonds. The second kappa shape index (κ2) is 17.2. The Bertz CT molecular complexity index is 1480. The van der Waals surface area contributed by atoms with E-state index in [9.17, 15) is 19.2 Å². The minimum Gasteiger partial charge on any atom is -0.465 e. The van der Waals surface area contributed by atoms with E-state index in [1.165, 1.54) is 27.7 Å². The SMILES string of the molecule is CC(=O)OCC(CCn1cnc2cnc(N)nc21)COC(C)=O.CC(=O)OCC(CCn1cnc2cnc(N)nc21)COC(C)=O. The summed E-state index contributed by atoms with van der Waals surface area (Å²) in [5.74, 6) is -1.35. The molecule has 18 heteroatoms. The first-order valence-electron chi connectivity index (χ1n) is 14.3. The molecule has 0 saturated carbocycles. The molecule has 0 aliphatic heterocycles. The number of nitrogens with two attached hydrogens (primary N) is 2. The van der Waals surface area contributed by atoms with Crippen molar-refractivity contribution in [2.45, 2.75) is 53.6 Å². The maximum absolute atomic E-state index is 11.0. The van der Waals surface area contributed by atoms with Gasteiger partial charge < -0.3 is 39.5 Å². The summed E-state index contributed by atoms with van der Waals surface area (Å²) in [6.07, 6.45) is 7.65. The molecule has 0 saturated heterocycles. The summed E-state index contributed by atoms with van der Waals surface area (Å²) in [7, 11) is 0. The lowest BCUT2D eigenvalue weighted by Crippen LogP contribution is -2.21. The van der Waals surface area contributed by atoms with Crippen molar-refractivity contribution in [3.63, 3.8) is 0 Å². The highest BCUT2D eigenvalue weighted by molar-refractivity contribution is 5.71. The van der Waals surface area contributed by atoms with E-state index < -0.39 is 0 Å². The third kappa shape index (κ3) is 11.6. The number of aryl methyl sites for hydroxylation is 2. The van der Waals surface area contributed by atoms with Crippen molar-refractivity contribution >= 4 is 58.1 Å². The molecule has 46 heavy (non-hydrogen) atoms. The monoisotopic (exact) mass is 642 g/mol. The molecule has 0 aliphatic carbocycles. The zero-order valence-corrected chi connectivity index (χ0v) is 26.1. The molecule has 4 aromatic heterocycles. The van der Waals surface area contributed by atoms with E-state index in [0.29, 0.717) is 48.3 Å². The van der Waals surface area contributed by atoms with Gasteiger partial charge in [0, 0.05) is 52.6 Å². The number of ether oxygens (including phenoxy) is 4. The number of nitrogen functional groups attached to an aromatic ring is 2. The number of esters is 4. The molecule has 0 fully saturated rings. The first-order chi connectivity index (χ1) is 21.9. The molecule has 4 rings (SSSR count). The van der Waals surface area contributed by atoms with E-state index in [1.54, 1.807) is 25.0 Å². The Kier molecular flexibility index (Phi) is 13.1. The summed E-state index contributed by atoms with van der Waals surface area (Å²) in [6, 6.07) is 0. The average molecular weight is 643 g/mol. The summed E-state index contributed by atoms with van der Waals surface area (Å²) in [5, 5.41) is 0. The minimum atomic E-state index is -0.369. The molecule has 0 radical (unpaired) electrons. The van der Waals surface area contributed by atoms with Crippen molar-refractivity contribution < 1.29 is 38.1 Å². The molecule has 4 heterocycles. The molecule has 0 unspecified atom stereocenters. The van der Waals surface area contributed by atoms with E-state index in [1.807, 2.05) is 9.13 Å². The molecule has 0 atom stereocenters. The summed E-state index contributed by atoms with van der Waals surface area (Å²) in [5.41, 5.74) is 13.8. The third-order valence-electron chi connectivity index (χ3n) is 6.40. The fourth-order valence-electron chi connectivity index (χ4n) is 4.08. The van der Waals surface area contributed by atoms with Crippen LogP contribution in [0.3, 0.4) is 0 Å². The van der Waals surface area contributed by atoms with Crippen LogP contribution in [0.2, 0.25) is 0 Å². The van der Waals surface area contributed by atoms with Crippen LogP contribution in [0, 0.1) is 11.8 Å². The fourth-order valence-corrected chi connectivity index (χ4v) is 4.08. The standard InChI is InChI=1S/2C14H19N5O4/c2*1-9(20)22-6-11(7-23-10(2)21)3-4-19-8-17-12-5-16-14(15)18-13(12)19/h2*5,8,11H,3-4,6-7H2,1-2H3,(H2,15,16,18). The average Bonchev–Trinajstić information content (AvgIpc) is 3.59. The van der Waals surface area contributed by atoms with Gasteiger partial charge >= 0.3 is 23.9 Å². The highest BCUT2D eigenvalue weighted by Crippen LogP contribution is 2.15. The van der Waals surface area contributed by atoms with Gasteiger partial charge in [-0.1, -0.05) is 0 Å². The number of hydrogen-bond donors (Lipinski definition) is 2. The Morgan fingerprint density at radius 1 is 0.609 bits per heavy atom. The van der Waals surface area contributed by atoms with Crippen LogP contribution >= 0.6 is 0 Å². The number of fused-ring (bicyclic) bond motifs is 2. The van der Waals surface area contributed by atoms with Crippen LogP contribution in [0.4, 0.5) is 11.9 Å². The van der Waals surface area contributed by atoms with Crippen LogP contribution in [0.15, 0.2) is 25.0 Å². The van der Waals surface area contributed by atoms with Crippen molar-refractivity contribution in [2.75, 3.05) is 37.9 Å². The lowest BCUT2D eigenvalue weighted by Gasteiger charge is -2.16. The van der Waals surface area contributed by atoms with Crippen molar-refractivity contribution in [3.8, 4) is 0 Å². The number of nitrogens with zero attached hydrogens (tertiary/aromatic N) is 8. The van der Waals surface area contributed by atoms with Crippen LogP contribution in [0.5, 0.6) is 0 Å². The molecule has 0 aromatic carbocycles. The predicted molar refractivity (Wildman–Crippen MR) is 162 cm³/mol. The lowest BCUT2D eigenvalue weighted by atomic mass is 10.1. The second-order valence-electron chi connectivity index (χ2n) is 10.3. The van der Waals surface area contributed by atoms with E-state index in [4.69, 9.17) is 30.4 Å². The quantitative estimate of drug-likeness (QED) is 0.144. The van der Waals surface area contributed by atoms with Gasteiger partial charge in [0.15, 0.2) is 11.3 Å². The molecular weight excluding hydrogens is 604 g/mol. The number of imidazole rings is 2. The van der Waals surface area contributed by atoms with E-state index in [0.717, 1.165) is 0 Å². The largest absolute Gasteiger partial charge is 0.465 e. The molecule has 0 aliphatic rings. The van der Waals surface area contributed by atoms with Gasteiger partial charge in [-0.3, -0.25) is 19.2 Å². The molecule has 248 valence electrons. The van der Waals surface area contributed by atoms with Gasteiger partial charge in [0.2, 0.25) is 11.9 Å². The van der Waals surface area contributed by atoms with Crippen molar-refractivity contribution in [1.82, 2.24) is 39.0 Å². The highest BCUT2D eigenvalue weighted by Gasteiger charge is 2.16. The summed E-state index contributed by atoms with van der Waals surface area (Å²) in [6.45, 7) is 7.24. The van der Waals surface area contributed by atoms with Gasteiger partial charge in [-0.2, -0.15) is 9.97 Å². The maximum atomic E-state index is 11.0. The van der Waals surface area contributed by atoms with Crippen LogP contribution in [0.1, 0.15) is 40.5 Å². The number of carbonyl (C=O) groups is 4. The number of anilines is 2. The number of carbonyl (C=O) groups excluding carboxylic acids is 4. The van der Waals surface area contributed by atoms with Gasteiger partial charge in [-0.05, 0) is 12.8 Å². The Morgan fingerprint density at radius 3 is 1.24 bits per heavy atom. The normalized spacial score (nSPS) is 10.9. The Hall–Kier alpha value is -5.42. The van der Waals surface area contributed by atoms with Crippen molar-refractivity contribution in [2.24, 2.45) is 11.8 Å². The van der Waals surface area contributed by atoms with Gasteiger partial charge in [0.1, 0.15) is 11.0 Å². The molecule has 4 N–H and O–H groups in total. The molecule has 18 nitrogen and oxygen atoms in total. The van der Waals surface area contributed by atoms with E-state index in [-0.39, 0.29) is 74.0 Å². The Morgan fingerprint density at radius 2 is 0.935 bits per heavy atom. The highest BCUT2D eigenvalue weighted by atomic mass is 16.6. The van der Waals surface area contributed by atoms with Gasteiger partial charge in [-0.25, -0.2) is 19.9 Å². The van der Waals surface area contributed by atoms with Crippen LogP contribution < -0.4 is 11.5 Å². The lowest BCUT2D eigenvalue weighted by molar-refractivity contribution is -0.148. The van der Waals surface area contributed by atoms with Crippen LogP contribution in [0.25, 0.3) is 22.3 Å². The summed E-state index contributed by atoms with van der Waals surface area (Å²) >= 11 is 0. The maximum Gasteiger partial charge on any atom is 0.302 e. The van der Waals surface area contributed by atoms with E-state index >= 15 is 0 Å². The summed E-state index contributed by atoms with van der Waals surface area (Å²) in [4.78, 5) is 68.3. The Labute approximate surface area is 263 Å². The third-order valence-corrected chi connectivity index (χ3v) is 6.40. The minimum absolute atomic E-state index is 0.112. The molecule has 4 aromatic rings. The number of aromatic nitrogens is 8. The topological polar surface area (TPSA) is 244 Å². The Balaban J connectivity index is 0.000000250. The van der Waals surface area contributed by atoms with Crippen molar-refractivity contribution in [3.05, 3.63) is 25.0 Å². The van der Waals surface area contributed by atoms with Crippen LogP contribution in [-0.2, 0) is 51.2 Å². The first-order valence-corrected chi connectivity index (χ1v) is 14.3. The van der Waals surface area contributed by atoms with Gasteiger partial charge in [0.25, 0.3) is 0 Å². The zero-order valence-electron chi connectivity index (χ0n) is 26.1. The number of hydrogen-bond acceptors (Lipinski definition) is 16. The number of rotatable bonds is 14. The van der Waals surface area contributed by atoms with Gasteiger partial charge in [-0.15, -0.1) is 0 Å². The first kappa shape index (κ1) is 35.1. The fraction of sp³-hybridized carbons (Fsp3) is 0.500. The molecular formula is C28H38N10O8. The van der Waals surface area contributed by atoms with Crippen LogP contribution in [-0.4, -0.2) is 89.3 Å². The second-order valence-corrected chi connectivity index (χ2v) is 10.3.